The number of amides is 1. The molecule has 0 radical (unpaired) electrons. The first-order chi connectivity index (χ1) is 16.6. The van der Waals surface area contributed by atoms with Gasteiger partial charge in [-0.25, -0.2) is 0 Å². The van der Waals surface area contributed by atoms with Crippen LogP contribution in [0, 0.1) is 5.92 Å². The van der Waals surface area contributed by atoms with Crippen molar-refractivity contribution >= 4 is 12.4 Å². The molecule has 7 rings (SSSR count). The first-order valence-electron chi connectivity index (χ1n) is 12.6. The van der Waals surface area contributed by atoms with Crippen molar-refractivity contribution in [3.8, 4) is 0 Å². The molecule has 4 aliphatic heterocycles. The van der Waals surface area contributed by atoms with Crippen molar-refractivity contribution in [1.29, 1.82) is 0 Å². The van der Waals surface area contributed by atoms with Crippen molar-refractivity contribution in [2.24, 2.45) is 5.92 Å². The second-order valence-corrected chi connectivity index (χ2v) is 10.2. The molecule has 182 valence electrons. The number of aromatic nitrogens is 2. The lowest BCUT2D eigenvalue weighted by Crippen LogP contribution is -2.70. The Balaban J connectivity index is 0.000000764. The van der Waals surface area contributed by atoms with Crippen LogP contribution < -0.4 is 5.32 Å². The summed E-state index contributed by atoms with van der Waals surface area (Å²) in [4.78, 5) is 26.8. The van der Waals surface area contributed by atoms with Crippen LogP contribution in [0.5, 0.6) is 0 Å². The van der Waals surface area contributed by atoms with E-state index in [1.165, 1.54) is 29.7 Å². The fraction of sp³-hybridized carbons (Fsp3) is 0.577. The molecule has 5 heterocycles. The zero-order valence-corrected chi connectivity index (χ0v) is 19.7. The van der Waals surface area contributed by atoms with Crippen molar-refractivity contribution in [2.75, 3.05) is 39.3 Å². The highest BCUT2D eigenvalue weighted by molar-refractivity contribution is 5.77. The van der Waals surface area contributed by atoms with Crippen LogP contribution in [-0.4, -0.2) is 82.8 Å². The Labute approximate surface area is 200 Å². The third kappa shape index (κ3) is 4.36. The summed E-state index contributed by atoms with van der Waals surface area (Å²) in [6.45, 7) is 6.33. The van der Waals surface area contributed by atoms with Crippen LogP contribution >= 0.6 is 0 Å². The van der Waals surface area contributed by atoms with E-state index in [0.717, 1.165) is 64.2 Å². The van der Waals surface area contributed by atoms with Gasteiger partial charge in [-0.05, 0) is 36.8 Å². The van der Waals surface area contributed by atoms with E-state index >= 15 is 0 Å². The summed E-state index contributed by atoms with van der Waals surface area (Å²) in [6.07, 6.45) is 5.96. The van der Waals surface area contributed by atoms with E-state index in [-0.39, 0.29) is 23.8 Å². The maximum absolute atomic E-state index is 13.2. The molecule has 34 heavy (non-hydrogen) atoms. The number of carbonyl (C=O) groups is 2. The Morgan fingerprint density at radius 1 is 1.15 bits per heavy atom. The number of piperidine rings is 2. The Hall–Kier alpha value is -2.71. The van der Waals surface area contributed by atoms with Crippen LogP contribution in [0.25, 0.3) is 0 Å². The maximum Gasteiger partial charge on any atom is 0.290 e. The predicted octanol–water partition coefficient (Wildman–Crippen LogP) is 1.61. The Bertz CT molecular complexity index is 991. The SMILES string of the molecule is O=C(CCc1n[nH]c2c1CCCC2)NC1C2CN3CCN(C2)CC1(c1ccccc1)C3.O=CO. The first-order valence-corrected chi connectivity index (χ1v) is 12.6. The van der Waals surface area contributed by atoms with E-state index in [1.54, 1.807) is 0 Å². The van der Waals surface area contributed by atoms with E-state index in [9.17, 15) is 4.79 Å². The average Bonchev–Trinajstić information content (AvgIpc) is 3.10. The summed E-state index contributed by atoms with van der Waals surface area (Å²) in [5.74, 6) is 0.677. The first kappa shape index (κ1) is 23.1. The minimum Gasteiger partial charge on any atom is -0.483 e. The fourth-order valence-electron chi connectivity index (χ4n) is 6.80. The number of nitrogens with zero attached hydrogens (tertiary/aromatic N) is 3. The Morgan fingerprint density at radius 3 is 2.53 bits per heavy atom. The van der Waals surface area contributed by atoms with Crippen LogP contribution in [0.1, 0.15) is 41.8 Å². The van der Waals surface area contributed by atoms with Gasteiger partial charge in [-0.1, -0.05) is 30.3 Å². The van der Waals surface area contributed by atoms with E-state index in [0.29, 0.717) is 12.3 Å². The van der Waals surface area contributed by atoms with Crippen molar-refractivity contribution in [3.63, 3.8) is 0 Å². The summed E-state index contributed by atoms with van der Waals surface area (Å²) < 4.78 is 0. The molecule has 4 bridgehead atoms. The monoisotopic (exact) mass is 465 g/mol. The van der Waals surface area contributed by atoms with Gasteiger partial charge in [0.05, 0.1) is 5.69 Å². The zero-order chi connectivity index (χ0) is 23.5. The standard InChI is InChI=1S/C25H33N5O.CH2O2/c31-23(11-10-22-20-8-4-5-9-21(20)27-28-22)26-24-18-14-29-12-13-30(15-18)17-25(24,16-29)19-6-2-1-3-7-19;2-1-3/h1-3,6-7,18,24H,4-5,8-17H2,(H,26,31)(H,27,28);1H,(H,2,3). The number of aromatic amines is 1. The van der Waals surface area contributed by atoms with Gasteiger partial charge in [0, 0.05) is 75.2 Å². The van der Waals surface area contributed by atoms with Crippen LogP contribution in [0.3, 0.4) is 0 Å². The Kier molecular flexibility index (Phi) is 6.70. The van der Waals surface area contributed by atoms with Gasteiger partial charge in [-0.2, -0.15) is 5.10 Å². The largest absolute Gasteiger partial charge is 0.483 e. The summed E-state index contributed by atoms with van der Waals surface area (Å²) in [7, 11) is 0. The van der Waals surface area contributed by atoms with Gasteiger partial charge in [0.2, 0.25) is 5.91 Å². The van der Waals surface area contributed by atoms with Gasteiger partial charge in [0.15, 0.2) is 0 Å². The summed E-state index contributed by atoms with van der Waals surface area (Å²) >= 11 is 0. The highest BCUT2D eigenvalue weighted by atomic mass is 16.3. The maximum atomic E-state index is 13.2. The van der Waals surface area contributed by atoms with Gasteiger partial charge in [0.1, 0.15) is 0 Å². The zero-order valence-electron chi connectivity index (χ0n) is 19.7. The molecule has 3 unspecified atom stereocenters. The van der Waals surface area contributed by atoms with Gasteiger partial charge < -0.3 is 20.2 Å². The van der Waals surface area contributed by atoms with Gasteiger partial charge in [0.25, 0.3) is 6.47 Å². The van der Waals surface area contributed by atoms with Crippen molar-refractivity contribution in [1.82, 2.24) is 25.3 Å². The third-order valence-corrected chi connectivity index (χ3v) is 8.19. The van der Waals surface area contributed by atoms with E-state index in [4.69, 9.17) is 9.90 Å². The average molecular weight is 466 g/mol. The number of nitrogens with one attached hydrogen (secondary N) is 2. The number of carbonyl (C=O) groups excluding carboxylic acids is 1. The number of H-pyrrole nitrogens is 1. The quantitative estimate of drug-likeness (QED) is 0.580. The van der Waals surface area contributed by atoms with Crippen LogP contribution in [0.4, 0.5) is 0 Å². The second kappa shape index (κ2) is 9.88. The molecule has 4 fully saturated rings. The molecule has 8 nitrogen and oxygen atoms in total. The number of carboxylic acid groups (broad SMARTS) is 1. The highest BCUT2D eigenvalue weighted by Gasteiger charge is 2.55. The van der Waals surface area contributed by atoms with Crippen molar-refractivity contribution < 1.29 is 14.7 Å². The number of rotatable bonds is 5. The molecule has 1 aliphatic carbocycles. The lowest BCUT2D eigenvalue weighted by molar-refractivity contribution is -0.124. The second-order valence-electron chi connectivity index (χ2n) is 10.2. The molecule has 2 aromatic rings. The van der Waals surface area contributed by atoms with Crippen molar-refractivity contribution in [2.45, 2.75) is 50.0 Å². The minimum absolute atomic E-state index is 0.0138. The molecular weight excluding hydrogens is 430 g/mol. The summed E-state index contributed by atoms with van der Waals surface area (Å²) in [5, 5.41) is 18.2. The highest BCUT2D eigenvalue weighted by Crippen LogP contribution is 2.43. The van der Waals surface area contributed by atoms with Crippen molar-refractivity contribution in [3.05, 3.63) is 52.8 Å². The van der Waals surface area contributed by atoms with Crippen LogP contribution in [-0.2, 0) is 34.3 Å². The topological polar surface area (TPSA) is 102 Å². The lowest BCUT2D eigenvalue weighted by Gasteiger charge is -2.55. The summed E-state index contributed by atoms with van der Waals surface area (Å²) in [5.41, 5.74) is 5.15. The van der Waals surface area contributed by atoms with E-state index < -0.39 is 0 Å². The molecule has 5 aliphatic rings. The molecular formula is C26H35N5O3. The smallest absolute Gasteiger partial charge is 0.290 e. The molecule has 1 aromatic heterocycles. The molecule has 1 aromatic carbocycles. The molecule has 0 saturated carbocycles. The molecule has 3 atom stereocenters. The van der Waals surface area contributed by atoms with E-state index in [2.05, 4.69) is 55.6 Å². The Morgan fingerprint density at radius 2 is 1.82 bits per heavy atom. The van der Waals surface area contributed by atoms with Gasteiger partial charge in [-0.3, -0.25) is 14.7 Å². The number of hydrogen-bond acceptors (Lipinski definition) is 5. The van der Waals surface area contributed by atoms with E-state index in [1.807, 2.05) is 0 Å². The lowest BCUT2D eigenvalue weighted by atomic mass is 9.64. The number of benzene rings is 1. The molecule has 0 spiro atoms. The minimum atomic E-state index is -0.250. The molecule has 8 heteroatoms. The predicted molar refractivity (Wildman–Crippen MR) is 129 cm³/mol. The summed E-state index contributed by atoms with van der Waals surface area (Å²) in [6, 6.07) is 11.1. The number of fused-ring (bicyclic) bond motifs is 2. The fourth-order valence-corrected chi connectivity index (χ4v) is 6.80. The molecule has 1 amide bonds. The van der Waals surface area contributed by atoms with Gasteiger partial charge >= 0.3 is 0 Å². The number of hydrogen-bond donors (Lipinski definition) is 3. The van der Waals surface area contributed by atoms with Crippen LogP contribution in [0.2, 0.25) is 0 Å². The normalized spacial score (nSPS) is 31.1. The third-order valence-electron chi connectivity index (χ3n) is 8.19. The van der Waals surface area contributed by atoms with Gasteiger partial charge in [-0.15, -0.1) is 0 Å². The molecule has 3 N–H and O–H groups in total. The molecule has 4 saturated heterocycles. The number of aryl methyl sites for hydroxylation is 2. The van der Waals surface area contributed by atoms with Crippen LogP contribution in [0.15, 0.2) is 30.3 Å².